The zero-order chi connectivity index (χ0) is 17.2. The first kappa shape index (κ1) is 16.1. The van der Waals surface area contributed by atoms with E-state index in [1.165, 1.54) is 19.3 Å². The number of aromatic nitrogens is 3. The second-order valence-electron chi connectivity index (χ2n) is 7.02. The van der Waals surface area contributed by atoms with Crippen LogP contribution < -0.4 is 5.32 Å². The Morgan fingerprint density at radius 1 is 1.24 bits per heavy atom. The summed E-state index contributed by atoms with van der Waals surface area (Å²) in [6.07, 6.45) is 8.36. The maximum atomic E-state index is 13.0. The average molecular weight is 341 g/mol. The minimum absolute atomic E-state index is 0.0361. The molecule has 1 aliphatic heterocycles. The molecule has 2 amide bonds. The predicted molar refractivity (Wildman–Crippen MR) is 92.9 cm³/mol. The topological polar surface area (TPSA) is 91.0 Å². The van der Waals surface area contributed by atoms with Gasteiger partial charge in [-0.1, -0.05) is 32.1 Å². The SMILES string of the molecule is O=C1NCCN(C(=O)c2ccc3[nH]cnc3n2)[C@@H]1CC1CCCCC1. The molecule has 3 heterocycles. The number of nitrogens with one attached hydrogen (secondary N) is 2. The number of imidazole rings is 1. The van der Waals surface area contributed by atoms with Gasteiger partial charge in [-0.05, 0) is 24.5 Å². The van der Waals surface area contributed by atoms with Crippen LogP contribution in [0, 0.1) is 5.92 Å². The van der Waals surface area contributed by atoms with Gasteiger partial charge in [0.1, 0.15) is 11.7 Å². The van der Waals surface area contributed by atoms with E-state index in [1.807, 2.05) is 6.07 Å². The van der Waals surface area contributed by atoms with Gasteiger partial charge in [-0.15, -0.1) is 0 Å². The van der Waals surface area contributed by atoms with Crippen LogP contribution in [0.15, 0.2) is 18.5 Å². The fourth-order valence-electron chi connectivity index (χ4n) is 4.02. The van der Waals surface area contributed by atoms with Gasteiger partial charge in [0.05, 0.1) is 11.8 Å². The number of carbonyl (C=O) groups excluding carboxylic acids is 2. The Hall–Kier alpha value is -2.44. The number of hydrogen-bond acceptors (Lipinski definition) is 4. The molecule has 0 aromatic carbocycles. The van der Waals surface area contributed by atoms with Crippen LogP contribution in [0.2, 0.25) is 0 Å². The molecule has 7 heteroatoms. The summed E-state index contributed by atoms with van der Waals surface area (Å²) in [4.78, 5) is 38.6. The highest BCUT2D eigenvalue weighted by Crippen LogP contribution is 2.29. The third kappa shape index (κ3) is 3.23. The van der Waals surface area contributed by atoms with Crippen LogP contribution in [-0.2, 0) is 4.79 Å². The first-order chi connectivity index (χ1) is 12.2. The highest BCUT2D eigenvalue weighted by atomic mass is 16.2. The quantitative estimate of drug-likeness (QED) is 0.891. The van der Waals surface area contributed by atoms with Crippen molar-refractivity contribution < 1.29 is 9.59 Å². The fraction of sp³-hybridized carbons (Fsp3) is 0.556. The summed E-state index contributed by atoms with van der Waals surface area (Å²) >= 11 is 0. The minimum atomic E-state index is -0.388. The van der Waals surface area contributed by atoms with E-state index in [1.54, 1.807) is 17.3 Å². The molecule has 0 unspecified atom stereocenters. The zero-order valence-electron chi connectivity index (χ0n) is 14.2. The minimum Gasteiger partial charge on any atom is -0.353 e. The number of rotatable bonds is 3. The summed E-state index contributed by atoms with van der Waals surface area (Å²) in [5, 5.41) is 2.91. The molecule has 2 aliphatic rings. The standard InChI is InChI=1S/C18H23N5O2/c24-17-15(10-12-4-2-1-3-5-12)23(9-8-19-17)18(25)14-7-6-13-16(22-14)21-11-20-13/h6-7,11-12,15H,1-5,8-10H2,(H,19,24)(H,20,21,22)/t15-/m1/s1. The highest BCUT2D eigenvalue weighted by Gasteiger charge is 2.36. The number of pyridine rings is 1. The van der Waals surface area contributed by atoms with E-state index in [2.05, 4.69) is 20.3 Å². The summed E-state index contributed by atoms with van der Waals surface area (Å²) in [7, 11) is 0. The van der Waals surface area contributed by atoms with Crippen molar-refractivity contribution in [3.8, 4) is 0 Å². The molecule has 0 radical (unpaired) electrons. The molecular formula is C18H23N5O2. The van der Waals surface area contributed by atoms with Crippen molar-refractivity contribution in [1.82, 2.24) is 25.2 Å². The average Bonchev–Trinajstić information content (AvgIpc) is 3.11. The molecule has 1 saturated carbocycles. The lowest BCUT2D eigenvalue weighted by atomic mass is 9.84. The Morgan fingerprint density at radius 2 is 2.08 bits per heavy atom. The van der Waals surface area contributed by atoms with Gasteiger partial charge in [-0.3, -0.25) is 9.59 Å². The van der Waals surface area contributed by atoms with Crippen molar-refractivity contribution in [2.45, 2.75) is 44.6 Å². The number of aromatic amines is 1. The number of amides is 2. The van der Waals surface area contributed by atoms with Crippen molar-refractivity contribution in [2.75, 3.05) is 13.1 Å². The summed E-state index contributed by atoms with van der Waals surface area (Å²) in [5.74, 6) is 0.311. The van der Waals surface area contributed by atoms with E-state index >= 15 is 0 Å². The third-order valence-electron chi connectivity index (χ3n) is 5.37. The fourth-order valence-corrected chi connectivity index (χ4v) is 4.02. The van der Waals surface area contributed by atoms with Crippen LogP contribution in [0.3, 0.4) is 0 Å². The number of hydrogen-bond donors (Lipinski definition) is 2. The number of H-pyrrole nitrogens is 1. The molecule has 0 bridgehead atoms. The summed E-state index contributed by atoms with van der Waals surface area (Å²) < 4.78 is 0. The van der Waals surface area contributed by atoms with E-state index in [0.717, 1.165) is 24.8 Å². The summed E-state index contributed by atoms with van der Waals surface area (Å²) in [5.41, 5.74) is 1.67. The van der Waals surface area contributed by atoms with E-state index in [0.29, 0.717) is 30.3 Å². The summed E-state index contributed by atoms with van der Waals surface area (Å²) in [6.45, 7) is 1.03. The van der Waals surface area contributed by atoms with Gasteiger partial charge >= 0.3 is 0 Å². The van der Waals surface area contributed by atoms with Gasteiger partial charge in [0.15, 0.2) is 5.65 Å². The number of fused-ring (bicyclic) bond motifs is 1. The molecule has 2 N–H and O–H groups in total. The van der Waals surface area contributed by atoms with Crippen LogP contribution in [0.5, 0.6) is 0 Å². The number of piperazine rings is 1. The van der Waals surface area contributed by atoms with Crippen molar-refractivity contribution in [2.24, 2.45) is 5.92 Å². The molecule has 1 saturated heterocycles. The van der Waals surface area contributed by atoms with Gasteiger partial charge in [0.25, 0.3) is 5.91 Å². The normalized spacial score (nSPS) is 22.2. The largest absolute Gasteiger partial charge is 0.353 e. The molecule has 1 aliphatic carbocycles. The lowest BCUT2D eigenvalue weighted by Gasteiger charge is -2.37. The Balaban J connectivity index is 1.56. The second-order valence-corrected chi connectivity index (χ2v) is 7.02. The molecular weight excluding hydrogens is 318 g/mol. The molecule has 4 rings (SSSR count). The van der Waals surface area contributed by atoms with Crippen molar-refractivity contribution in [3.05, 3.63) is 24.2 Å². The Labute approximate surface area is 146 Å². The van der Waals surface area contributed by atoms with Crippen LogP contribution >= 0.6 is 0 Å². The molecule has 7 nitrogen and oxygen atoms in total. The number of carbonyl (C=O) groups is 2. The molecule has 1 atom stereocenters. The van der Waals surface area contributed by atoms with Gasteiger partial charge in [-0.2, -0.15) is 0 Å². The van der Waals surface area contributed by atoms with Gasteiger partial charge in [-0.25, -0.2) is 9.97 Å². The van der Waals surface area contributed by atoms with Gasteiger partial charge in [0, 0.05) is 13.1 Å². The molecule has 132 valence electrons. The molecule has 0 spiro atoms. The van der Waals surface area contributed by atoms with Crippen molar-refractivity contribution >= 4 is 23.0 Å². The molecule has 2 aromatic heterocycles. The first-order valence-electron chi connectivity index (χ1n) is 9.11. The van der Waals surface area contributed by atoms with Gasteiger partial charge in [0.2, 0.25) is 5.91 Å². The van der Waals surface area contributed by atoms with Crippen LogP contribution in [0.25, 0.3) is 11.2 Å². The highest BCUT2D eigenvalue weighted by molar-refractivity contribution is 5.98. The lowest BCUT2D eigenvalue weighted by Crippen LogP contribution is -2.57. The van der Waals surface area contributed by atoms with E-state index in [4.69, 9.17) is 0 Å². The molecule has 2 aromatic rings. The first-order valence-corrected chi connectivity index (χ1v) is 9.11. The molecule has 2 fully saturated rings. The Bertz CT molecular complexity index is 781. The van der Waals surface area contributed by atoms with Crippen LogP contribution in [0.4, 0.5) is 0 Å². The maximum Gasteiger partial charge on any atom is 0.273 e. The predicted octanol–water partition coefficient (Wildman–Crippen LogP) is 1.87. The number of nitrogens with zero attached hydrogens (tertiary/aromatic N) is 3. The van der Waals surface area contributed by atoms with E-state index in [-0.39, 0.29) is 17.9 Å². The van der Waals surface area contributed by atoms with Gasteiger partial charge < -0.3 is 15.2 Å². The van der Waals surface area contributed by atoms with E-state index < -0.39 is 0 Å². The lowest BCUT2D eigenvalue weighted by molar-refractivity contribution is -0.128. The summed E-state index contributed by atoms with van der Waals surface area (Å²) in [6, 6.07) is 3.12. The Kier molecular flexibility index (Phi) is 4.38. The second kappa shape index (κ2) is 6.82. The smallest absolute Gasteiger partial charge is 0.273 e. The Morgan fingerprint density at radius 3 is 2.92 bits per heavy atom. The zero-order valence-corrected chi connectivity index (χ0v) is 14.2. The van der Waals surface area contributed by atoms with Crippen LogP contribution in [-0.4, -0.2) is 50.8 Å². The maximum absolute atomic E-state index is 13.0. The van der Waals surface area contributed by atoms with Crippen molar-refractivity contribution in [3.63, 3.8) is 0 Å². The molecule has 25 heavy (non-hydrogen) atoms. The van der Waals surface area contributed by atoms with E-state index in [9.17, 15) is 9.59 Å². The van der Waals surface area contributed by atoms with Crippen LogP contribution in [0.1, 0.15) is 49.0 Å². The van der Waals surface area contributed by atoms with Crippen molar-refractivity contribution in [1.29, 1.82) is 0 Å². The monoisotopic (exact) mass is 341 g/mol. The third-order valence-corrected chi connectivity index (χ3v) is 5.37.